The SMILES string of the molecule is O=C1/C=C/C2C(=O)N(c3ccccc3C(F)(F)F)C(=O)C2/C=C/C(=O)N1c1ccccc1C(F)(F)F. The molecular formula is C24H14F6N2O4. The summed E-state index contributed by atoms with van der Waals surface area (Å²) < 4.78 is 80.9. The number of benzene rings is 2. The molecule has 36 heavy (non-hydrogen) atoms. The lowest BCUT2D eigenvalue weighted by Crippen LogP contribution is -2.36. The molecule has 6 nitrogen and oxygen atoms in total. The molecule has 0 N–H and O–H groups in total. The summed E-state index contributed by atoms with van der Waals surface area (Å²) in [5.41, 5.74) is -3.99. The third kappa shape index (κ3) is 4.30. The number of carbonyl (C=O) groups excluding carboxylic acids is 4. The molecule has 2 aliphatic heterocycles. The molecule has 4 rings (SSSR count). The molecule has 4 amide bonds. The number of nitrogens with zero attached hydrogens (tertiary/aromatic N) is 2. The van der Waals surface area contributed by atoms with Gasteiger partial charge in [0.1, 0.15) is 0 Å². The second kappa shape index (κ2) is 8.77. The van der Waals surface area contributed by atoms with Crippen LogP contribution in [0.4, 0.5) is 37.7 Å². The zero-order valence-corrected chi connectivity index (χ0v) is 17.9. The molecule has 1 saturated heterocycles. The molecule has 0 aliphatic carbocycles. The van der Waals surface area contributed by atoms with Crippen LogP contribution in [0.2, 0.25) is 0 Å². The summed E-state index contributed by atoms with van der Waals surface area (Å²) in [6.45, 7) is 0. The van der Waals surface area contributed by atoms with Gasteiger partial charge in [-0.25, -0.2) is 9.80 Å². The number of hydrogen-bond acceptors (Lipinski definition) is 4. The minimum Gasteiger partial charge on any atom is -0.273 e. The second-order valence-electron chi connectivity index (χ2n) is 7.82. The van der Waals surface area contributed by atoms with Crippen LogP contribution >= 0.6 is 0 Å². The molecule has 0 saturated carbocycles. The highest BCUT2D eigenvalue weighted by molar-refractivity contribution is 6.26. The van der Waals surface area contributed by atoms with Gasteiger partial charge in [0, 0.05) is 12.2 Å². The van der Waals surface area contributed by atoms with E-state index in [9.17, 15) is 45.5 Å². The molecule has 2 aliphatic rings. The number of hydrogen-bond donors (Lipinski definition) is 0. The molecule has 1 fully saturated rings. The van der Waals surface area contributed by atoms with Crippen molar-refractivity contribution in [1.29, 1.82) is 0 Å². The van der Waals surface area contributed by atoms with Crippen LogP contribution in [-0.4, -0.2) is 23.6 Å². The average molecular weight is 508 g/mol. The van der Waals surface area contributed by atoms with E-state index >= 15 is 0 Å². The molecule has 2 heterocycles. The van der Waals surface area contributed by atoms with Crippen molar-refractivity contribution in [3.63, 3.8) is 0 Å². The van der Waals surface area contributed by atoms with E-state index in [0.717, 1.165) is 36.4 Å². The van der Waals surface area contributed by atoms with Crippen molar-refractivity contribution in [3.05, 3.63) is 84.0 Å². The number of carbonyl (C=O) groups is 4. The van der Waals surface area contributed by atoms with E-state index in [4.69, 9.17) is 0 Å². The molecular weight excluding hydrogens is 494 g/mol. The lowest BCUT2D eigenvalue weighted by molar-refractivity contribution is -0.138. The molecule has 186 valence electrons. The van der Waals surface area contributed by atoms with Gasteiger partial charge in [-0.2, -0.15) is 26.3 Å². The number of imide groups is 2. The summed E-state index contributed by atoms with van der Waals surface area (Å²) in [6.07, 6.45) is -6.69. The van der Waals surface area contributed by atoms with Crippen LogP contribution in [0.1, 0.15) is 11.1 Å². The quantitative estimate of drug-likeness (QED) is 0.442. The van der Waals surface area contributed by atoms with Gasteiger partial charge in [-0.1, -0.05) is 36.4 Å². The predicted octanol–water partition coefficient (Wildman–Crippen LogP) is 4.52. The molecule has 0 spiro atoms. The van der Waals surface area contributed by atoms with E-state index < -0.39 is 70.3 Å². The summed E-state index contributed by atoms with van der Waals surface area (Å²) in [6, 6.07) is 7.74. The maximum atomic E-state index is 13.5. The fraction of sp³-hybridized carbons (Fsp3) is 0.167. The van der Waals surface area contributed by atoms with Gasteiger partial charge in [-0.05, 0) is 24.3 Å². The summed E-state index contributed by atoms with van der Waals surface area (Å²) in [5.74, 6) is -7.60. The Bertz CT molecular complexity index is 1280. The Labute approximate surface area is 199 Å². The Morgan fingerprint density at radius 2 is 0.917 bits per heavy atom. The molecule has 12 heteroatoms. The Morgan fingerprint density at radius 3 is 1.31 bits per heavy atom. The smallest absolute Gasteiger partial charge is 0.273 e. The average Bonchev–Trinajstić information content (AvgIpc) is 3.06. The van der Waals surface area contributed by atoms with Crippen molar-refractivity contribution in [2.45, 2.75) is 12.4 Å². The van der Waals surface area contributed by atoms with Crippen molar-refractivity contribution in [2.24, 2.45) is 11.8 Å². The van der Waals surface area contributed by atoms with E-state index in [0.29, 0.717) is 29.2 Å². The van der Waals surface area contributed by atoms with E-state index in [1.54, 1.807) is 0 Å². The van der Waals surface area contributed by atoms with Crippen LogP contribution in [0.15, 0.2) is 72.8 Å². The molecule has 2 atom stereocenters. The predicted molar refractivity (Wildman–Crippen MR) is 113 cm³/mol. The Hall–Kier alpha value is -4.22. The maximum absolute atomic E-state index is 13.5. The normalized spacial score (nSPS) is 22.7. The zero-order valence-electron chi connectivity index (χ0n) is 17.9. The van der Waals surface area contributed by atoms with Crippen molar-refractivity contribution >= 4 is 35.0 Å². The van der Waals surface area contributed by atoms with Gasteiger partial charge in [0.2, 0.25) is 11.8 Å². The number of fused-ring (bicyclic) bond motifs is 1. The van der Waals surface area contributed by atoms with Gasteiger partial charge in [0.05, 0.1) is 34.3 Å². The van der Waals surface area contributed by atoms with Crippen LogP contribution in [0.5, 0.6) is 0 Å². The summed E-state index contributed by atoms with van der Waals surface area (Å²) in [7, 11) is 0. The van der Waals surface area contributed by atoms with E-state index in [1.165, 1.54) is 12.1 Å². The van der Waals surface area contributed by atoms with Crippen molar-refractivity contribution in [1.82, 2.24) is 0 Å². The first-order chi connectivity index (χ1) is 16.8. The Morgan fingerprint density at radius 1 is 0.556 bits per heavy atom. The zero-order chi connectivity index (χ0) is 26.4. The van der Waals surface area contributed by atoms with E-state index in [-0.39, 0.29) is 4.90 Å². The van der Waals surface area contributed by atoms with Crippen LogP contribution < -0.4 is 9.80 Å². The maximum Gasteiger partial charge on any atom is 0.418 e. The molecule has 2 unspecified atom stereocenters. The summed E-state index contributed by atoms with van der Waals surface area (Å²) in [5, 5.41) is 0. The number of alkyl halides is 6. The third-order valence-electron chi connectivity index (χ3n) is 5.63. The fourth-order valence-corrected chi connectivity index (χ4v) is 4.04. The highest BCUT2D eigenvalue weighted by Crippen LogP contribution is 2.41. The van der Waals surface area contributed by atoms with Crippen LogP contribution in [0, 0.1) is 11.8 Å². The molecule has 0 aromatic heterocycles. The molecule has 0 radical (unpaired) electrons. The first-order valence-electron chi connectivity index (χ1n) is 10.3. The summed E-state index contributed by atoms with van der Waals surface area (Å²) >= 11 is 0. The minimum atomic E-state index is -4.90. The lowest BCUT2D eigenvalue weighted by atomic mass is 9.94. The monoisotopic (exact) mass is 508 g/mol. The molecule has 2 aromatic carbocycles. The second-order valence-corrected chi connectivity index (χ2v) is 7.82. The highest BCUT2D eigenvalue weighted by Gasteiger charge is 2.49. The molecule has 2 aromatic rings. The number of amides is 4. The number of rotatable bonds is 2. The Balaban J connectivity index is 1.76. The molecule has 0 bridgehead atoms. The van der Waals surface area contributed by atoms with Crippen LogP contribution in [0.25, 0.3) is 0 Å². The summed E-state index contributed by atoms with van der Waals surface area (Å²) in [4.78, 5) is 52.2. The lowest BCUT2D eigenvalue weighted by Gasteiger charge is -2.22. The van der Waals surface area contributed by atoms with Crippen molar-refractivity contribution < 1.29 is 45.5 Å². The first kappa shape index (κ1) is 24.9. The van der Waals surface area contributed by atoms with Crippen LogP contribution in [0.3, 0.4) is 0 Å². The van der Waals surface area contributed by atoms with Crippen molar-refractivity contribution in [3.8, 4) is 0 Å². The minimum absolute atomic E-state index is 0.239. The van der Waals surface area contributed by atoms with Gasteiger partial charge in [-0.15, -0.1) is 0 Å². The van der Waals surface area contributed by atoms with Gasteiger partial charge in [-0.3, -0.25) is 19.2 Å². The Kier molecular flexibility index (Phi) is 6.07. The van der Waals surface area contributed by atoms with Crippen LogP contribution in [-0.2, 0) is 31.5 Å². The third-order valence-corrected chi connectivity index (χ3v) is 5.63. The number of anilines is 2. The van der Waals surface area contributed by atoms with Gasteiger partial charge in [0.25, 0.3) is 11.8 Å². The van der Waals surface area contributed by atoms with E-state index in [1.807, 2.05) is 0 Å². The first-order valence-corrected chi connectivity index (χ1v) is 10.3. The van der Waals surface area contributed by atoms with E-state index in [2.05, 4.69) is 0 Å². The largest absolute Gasteiger partial charge is 0.418 e. The standard InChI is InChI=1S/C24H14F6N2O4/c25-23(26,27)15-5-1-3-7-17(15)31-19(33)11-9-13-14(10-12-20(31)34)22(36)32(21(13)35)18-8-4-2-6-16(18)24(28,29)30/h1-14H/b11-9+,12-10+. The number of halogens is 6. The van der Waals surface area contributed by atoms with Crippen molar-refractivity contribution in [2.75, 3.05) is 9.80 Å². The fourth-order valence-electron chi connectivity index (χ4n) is 4.04. The number of para-hydroxylation sites is 2. The van der Waals surface area contributed by atoms with Gasteiger partial charge >= 0.3 is 12.4 Å². The van der Waals surface area contributed by atoms with Gasteiger partial charge in [0.15, 0.2) is 0 Å². The van der Waals surface area contributed by atoms with Gasteiger partial charge < -0.3 is 0 Å². The topological polar surface area (TPSA) is 74.8 Å². The highest BCUT2D eigenvalue weighted by atomic mass is 19.4.